The van der Waals surface area contributed by atoms with Gasteiger partial charge in [-0.25, -0.2) is 9.97 Å². The van der Waals surface area contributed by atoms with Gasteiger partial charge in [0.2, 0.25) is 11.2 Å². The lowest BCUT2D eigenvalue weighted by atomic mass is 9.99. The number of hydrogen-bond acceptors (Lipinski definition) is 25. The molecule has 4 aliphatic heterocycles. The molecule has 0 bridgehead atoms. The van der Waals surface area contributed by atoms with Crippen molar-refractivity contribution in [2.45, 2.75) is 96.0 Å². The molecule has 4 aliphatic rings. The number of aliphatic hydroxyl groups is 1. The van der Waals surface area contributed by atoms with Crippen molar-refractivity contribution >= 4 is 153 Å². The van der Waals surface area contributed by atoms with Crippen LogP contribution in [0.4, 0.5) is 51.7 Å². The zero-order valence-electron chi connectivity index (χ0n) is 68.5. The van der Waals surface area contributed by atoms with Crippen LogP contribution < -0.4 is 61.0 Å². The molecular weight excluding hydrogens is 1710 g/mol. The molecular formula is C83H113Br2ClN14O10P2S3. The maximum atomic E-state index is 13.5. The van der Waals surface area contributed by atoms with E-state index in [1.165, 1.54) is 99.6 Å². The highest BCUT2D eigenvalue weighted by Crippen LogP contribution is 2.45. The molecule has 13 rings (SSSR count). The summed E-state index contributed by atoms with van der Waals surface area (Å²) in [6, 6.07) is 35.6. The molecule has 7 N–H and O–H groups in total. The van der Waals surface area contributed by atoms with Crippen molar-refractivity contribution in [2.24, 2.45) is 0 Å². The molecule has 4 aromatic heterocycles. The quantitative estimate of drug-likeness (QED) is 0.0150. The Morgan fingerprint density at radius 3 is 1.41 bits per heavy atom. The van der Waals surface area contributed by atoms with Gasteiger partial charge in [0, 0.05) is 153 Å². The number of nitrogen functional groups attached to an aromatic ring is 1. The molecule has 4 saturated heterocycles. The number of methoxy groups -OCH3 is 4. The van der Waals surface area contributed by atoms with Gasteiger partial charge < -0.3 is 74.5 Å². The first-order valence-corrected chi connectivity index (χ1v) is 49.0. The van der Waals surface area contributed by atoms with E-state index in [1.54, 1.807) is 102 Å². The second-order valence-corrected chi connectivity index (χ2v) is 41.4. The number of aliphatic hydroxyl groups excluding tert-OH is 1. The van der Waals surface area contributed by atoms with Gasteiger partial charge in [-0.15, -0.1) is 0 Å². The van der Waals surface area contributed by atoms with Crippen LogP contribution in [0.1, 0.15) is 76.0 Å². The summed E-state index contributed by atoms with van der Waals surface area (Å²) in [6.45, 7) is 29.5. The van der Waals surface area contributed by atoms with E-state index in [1.807, 2.05) is 67.6 Å². The summed E-state index contributed by atoms with van der Waals surface area (Å²) in [6.07, 6.45) is 12.1. The van der Waals surface area contributed by atoms with Crippen molar-refractivity contribution in [3.8, 4) is 42.5 Å². The van der Waals surface area contributed by atoms with E-state index in [0.717, 1.165) is 152 Å². The zero-order valence-corrected chi connectivity index (χ0v) is 76.7. The van der Waals surface area contributed by atoms with Gasteiger partial charge in [0.25, 0.3) is 10.1 Å². The molecule has 0 spiro atoms. The Bertz CT molecular complexity index is 4870. The van der Waals surface area contributed by atoms with Gasteiger partial charge in [-0.2, -0.15) is 18.4 Å². The van der Waals surface area contributed by atoms with Crippen LogP contribution >= 0.6 is 80.4 Å². The molecule has 115 heavy (non-hydrogen) atoms. The number of piperazine rings is 2. The lowest BCUT2D eigenvalue weighted by Crippen LogP contribution is -2.52. The minimum Gasteiger partial charge on any atom is -0.495 e. The highest BCUT2D eigenvalue weighted by molar-refractivity contribution is 9.11. The lowest BCUT2D eigenvalue weighted by Gasteiger charge is -2.43. The van der Waals surface area contributed by atoms with Gasteiger partial charge in [0.15, 0.2) is 10.1 Å². The Balaban J connectivity index is 0.000000192. The number of aryl methyl sites for hydroxylation is 3. The van der Waals surface area contributed by atoms with Gasteiger partial charge in [0.05, 0.1) is 65.0 Å². The van der Waals surface area contributed by atoms with Crippen LogP contribution in [0.25, 0.3) is 20.9 Å². The summed E-state index contributed by atoms with van der Waals surface area (Å²) in [4.78, 5) is 34.8. The summed E-state index contributed by atoms with van der Waals surface area (Å²) < 4.78 is 79.3. The molecule has 0 amide bonds. The third-order valence-electron chi connectivity index (χ3n) is 20.6. The normalized spacial score (nSPS) is 15.5. The fourth-order valence-corrected chi connectivity index (χ4v) is 19.1. The van der Waals surface area contributed by atoms with Crippen LogP contribution in [0.5, 0.6) is 21.6 Å². The van der Waals surface area contributed by atoms with Crippen molar-refractivity contribution in [3.63, 3.8) is 0 Å². The van der Waals surface area contributed by atoms with Gasteiger partial charge in [-0.05, 0) is 231 Å². The van der Waals surface area contributed by atoms with Gasteiger partial charge in [0.1, 0.15) is 37.4 Å². The fraction of sp³-hybridized carbons (Fsp3) is 0.446. The summed E-state index contributed by atoms with van der Waals surface area (Å²) in [7, 11) is 1.92. The Hall–Kier alpha value is -6.92. The Labute approximate surface area is 710 Å². The molecule has 8 heterocycles. The summed E-state index contributed by atoms with van der Waals surface area (Å²) in [5.41, 5.74) is 17.2. The first-order valence-electron chi connectivity index (χ1n) is 38.7. The second-order valence-electron chi connectivity index (χ2n) is 29.5. The standard InChI is InChI=1S/C36H47BrN7O3PS.C19H32N4O.C17H16BrClN3O2PS.C7H8O3S.C4H10O/c1-7-24-20-29(31(46-3)22-30(24)44-14-12-26(13-15-44)43-18-16-42(2)17-19-43)40-36-38-23-27(37)35(41-36)39-28-9-8-25(21-32(28)48(5,6)45)33-10-11-34(47-4)49-33;1-4-15-13-17(20)19(24-3)14-18(15)23-7-5-16(6-8-23)22-11-9-21(2)10-12-22;1-24-15-7-6-14(26-15)10-4-5-12(13(8-10)25(2,3)23)21-16-11(18)9-20-17(19)22-16;1-6-2-4-7(5-3-6)11(8,9)10;1-2-3-4-5/h8-11,20-23,26H,7,12-19H2,1-6H3,(H2,38,39,40,41);13-14,16H,4-12,20H2,1-3H3;4-9H,1-3H3,(H,20,21,22);2-5H,1H3,(H,8,9,10);5H,2-4H2,1H3. The highest BCUT2D eigenvalue weighted by atomic mass is 79.9. The van der Waals surface area contributed by atoms with Crippen molar-refractivity contribution in [2.75, 3.05) is 186 Å². The minimum absolute atomic E-state index is 0.0666. The first-order chi connectivity index (χ1) is 54.9. The molecule has 0 unspecified atom stereocenters. The number of anilines is 9. The predicted molar refractivity (Wildman–Crippen MR) is 486 cm³/mol. The lowest BCUT2D eigenvalue weighted by molar-refractivity contribution is 0.0982. The number of thiophene rings is 2. The van der Waals surface area contributed by atoms with E-state index in [4.69, 9.17) is 50.9 Å². The largest absolute Gasteiger partial charge is 0.495 e. The number of aromatic nitrogens is 4. The molecule has 0 aliphatic carbocycles. The van der Waals surface area contributed by atoms with Crippen LogP contribution in [0.3, 0.4) is 0 Å². The predicted octanol–water partition coefficient (Wildman–Crippen LogP) is 17.2. The van der Waals surface area contributed by atoms with Crippen molar-refractivity contribution in [1.82, 2.24) is 39.5 Å². The molecule has 0 atom stereocenters. The van der Waals surface area contributed by atoms with Crippen molar-refractivity contribution in [3.05, 3.63) is 153 Å². The number of piperidine rings is 2. The third kappa shape index (κ3) is 26.0. The summed E-state index contributed by atoms with van der Waals surface area (Å²) in [5.74, 6) is 3.04. The van der Waals surface area contributed by atoms with Crippen LogP contribution in [0, 0.1) is 6.92 Å². The smallest absolute Gasteiger partial charge is 0.294 e. The van der Waals surface area contributed by atoms with E-state index in [9.17, 15) is 17.5 Å². The number of likely N-dealkylation sites (N-methyl/N-ethyl adjacent to an activating group) is 2. The Morgan fingerprint density at radius 2 is 1.01 bits per heavy atom. The average Bonchev–Trinajstić information content (AvgIpc) is 1.38. The second kappa shape index (κ2) is 43.2. The van der Waals surface area contributed by atoms with E-state index in [2.05, 4.69) is 151 Å². The van der Waals surface area contributed by atoms with Crippen LogP contribution in [-0.4, -0.2) is 224 Å². The Morgan fingerprint density at radius 1 is 0.565 bits per heavy atom. The molecule has 624 valence electrons. The number of ether oxygens (including phenoxy) is 4. The number of hydrogen-bond donors (Lipinski definition) is 6. The number of unbranched alkanes of at least 4 members (excludes halogenated alkanes) is 1. The molecule has 4 fully saturated rings. The SMILES string of the molecule is CCCCO.CCc1cc(N)c(OC)cc1N1CCC(N2CCN(C)CC2)CC1.CCc1cc(Nc2ncc(Br)c(Nc3ccc(-c4ccc(OC)s4)cc3P(C)(C)=O)n2)c(OC)cc1N1CCC(N2CCN(C)CC2)CC1.COc1ccc(-c2ccc(Nc3nc(Cl)ncc3Br)c(P(C)(C)=O)c2)s1.Cc1ccc(S(=O)(=O)O)cc1. The molecule has 32 heteroatoms. The number of nitrogens with one attached hydrogen (secondary N) is 3. The maximum absolute atomic E-state index is 13.5. The average molecular weight is 1820 g/mol. The van der Waals surface area contributed by atoms with Crippen LogP contribution in [-0.2, 0) is 32.1 Å². The van der Waals surface area contributed by atoms with Crippen LogP contribution in [0.2, 0.25) is 5.28 Å². The van der Waals surface area contributed by atoms with E-state index < -0.39 is 24.4 Å². The number of rotatable bonds is 23. The fourth-order valence-electron chi connectivity index (χ4n) is 14.0. The van der Waals surface area contributed by atoms with Gasteiger partial charge in [-0.3, -0.25) is 14.4 Å². The summed E-state index contributed by atoms with van der Waals surface area (Å²) >= 11 is 16.0. The molecule has 0 radical (unpaired) electrons. The van der Waals surface area contributed by atoms with Gasteiger partial charge >= 0.3 is 0 Å². The molecule has 9 aromatic rings. The van der Waals surface area contributed by atoms with Crippen LogP contribution in [0.15, 0.2) is 135 Å². The van der Waals surface area contributed by atoms with E-state index >= 15 is 0 Å². The first kappa shape index (κ1) is 92.0. The van der Waals surface area contributed by atoms with Gasteiger partial charge in [-0.1, -0.05) is 79.7 Å². The number of nitrogens with two attached hydrogens (primary N) is 1. The maximum Gasteiger partial charge on any atom is 0.294 e. The highest BCUT2D eigenvalue weighted by Gasteiger charge is 2.31. The monoisotopic (exact) mass is 1820 g/mol. The van der Waals surface area contributed by atoms with Crippen molar-refractivity contribution in [1.29, 1.82) is 0 Å². The number of nitrogens with zero attached hydrogens (tertiary/aromatic N) is 10. The third-order valence-corrected chi connectivity index (χ3v) is 28.1. The number of benzene rings is 5. The molecule has 0 saturated carbocycles. The van der Waals surface area contributed by atoms with E-state index in [0.29, 0.717) is 39.2 Å². The van der Waals surface area contributed by atoms with E-state index in [-0.39, 0.29) is 10.2 Å². The molecule has 5 aromatic carbocycles. The molecule has 24 nitrogen and oxygen atoms in total. The topological polar surface area (TPSA) is 279 Å². The zero-order chi connectivity index (χ0) is 83.3. The number of halogens is 3. The van der Waals surface area contributed by atoms with Crippen molar-refractivity contribution < 1.29 is 46.2 Å². The Kier molecular flexibility index (Phi) is 34.5. The summed E-state index contributed by atoms with van der Waals surface area (Å²) in [5, 5.41) is 21.4. The minimum atomic E-state index is -4.02.